The van der Waals surface area contributed by atoms with Gasteiger partial charge in [-0.2, -0.15) is 5.26 Å². The summed E-state index contributed by atoms with van der Waals surface area (Å²) in [6.07, 6.45) is 1.68. The molecule has 0 aliphatic carbocycles. The number of hydrogen-bond acceptors (Lipinski definition) is 7. The number of Topliss-reactive ketones (excluding diaryl/α,β-unsaturated/α-hetero) is 1. The van der Waals surface area contributed by atoms with Crippen LogP contribution in [0.2, 0.25) is 0 Å². The van der Waals surface area contributed by atoms with Gasteiger partial charge in [0.1, 0.15) is 29.8 Å². The molecular weight excluding hydrogens is 382 g/mol. The number of fused-ring (bicyclic) bond motifs is 2. The summed E-state index contributed by atoms with van der Waals surface area (Å²) in [5.41, 5.74) is 2.79. The highest BCUT2D eigenvalue weighted by molar-refractivity contribution is 6.05. The van der Waals surface area contributed by atoms with E-state index in [9.17, 15) is 14.9 Å². The summed E-state index contributed by atoms with van der Waals surface area (Å²) in [5.74, 6) is -0.0657. The largest absolute Gasteiger partial charge is 0.488 e. The van der Waals surface area contributed by atoms with Crippen molar-refractivity contribution in [3.8, 4) is 11.8 Å². The van der Waals surface area contributed by atoms with Crippen molar-refractivity contribution in [3.05, 3.63) is 71.1 Å². The predicted molar refractivity (Wildman–Crippen MR) is 112 cm³/mol. The van der Waals surface area contributed by atoms with E-state index in [4.69, 9.17) is 9.47 Å². The Labute approximate surface area is 174 Å². The highest BCUT2D eigenvalue weighted by Crippen LogP contribution is 2.40. The number of rotatable bonds is 4. The molecule has 0 spiro atoms. The van der Waals surface area contributed by atoms with Gasteiger partial charge in [-0.15, -0.1) is 0 Å². The Hall–Kier alpha value is -4.05. The van der Waals surface area contributed by atoms with Crippen molar-refractivity contribution >= 4 is 29.2 Å². The van der Waals surface area contributed by atoms with Crippen LogP contribution in [-0.2, 0) is 14.3 Å². The van der Waals surface area contributed by atoms with Crippen molar-refractivity contribution in [2.75, 3.05) is 37.1 Å². The van der Waals surface area contributed by atoms with E-state index in [0.29, 0.717) is 17.1 Å². The van der Waals surface area contributed by atoms with Crippen molar-refractivity contribution in [2.45, 2.75) is 0 Å². The van der Waals surface area contributed by atoms with Gasteiger partial charge in [0.15, 0.2) is 6.61 Å². The van der Waals surface area contributed by atoms with E-state index < -0.39 is 18.4 Å². The second-order valence-electron chi connectivity index (χ2n) is 6.91. The number of carbonyl (C=O) groups excluding carboxylic acids is 2. The van der Waals surface area contributed by atoms with Crippen LogP contribution in [-0.4, -0.2) is 39.1 Å². The van der Waals surface area contributed by atoms with Crippen LogP contribution in [0.4, 0.5) is 11.4 Å². The Kier molecular flexibility index (Phi) is 4.98. The molecule has 0 amide bonds. The molecule has 0 bridgehead atoms. The minimum Gasteiger partial charge on any atom is -0.488 e. The van der Waals surface area contributed by atoms with Crippen LogP contribution >= 0.6 is 0 Å². The monoisotopic (exact) mass is 401 g/mol. The molecule has 7 nitrogen and oxygen atoms in total. The topological polar surface area (TPSA) is 82.9 Å². The number of nitrogens with zero attached hydrogens (tertiary/aromatic N) is 3. The highest BCUT2D eigenvalue weighted by atomic mass is 16.5. The van der Waals surface area contributed by atoms with Crippen molar-refractivity contribution in [2.24, 2.45) is 0 Å². The van der Waals surface area contributed by atoms with Crippen LogP contribution < -0.4 is 14.5 Å². The number of hydrogen-bond donors (Lipinski definition) is 0. The first kappa shape index (κ1) is 19.3. The molecule has 4 rings (SSSR count). The third-order valence-corrected chi connectivity index (χ3v) is 5.08. The van der Waals surface area contributed by atoms with E-state index >= 15 is 0 Å². The predicted octanol–water partition coefficient (Wildman–Crippen LogP) is 2.90. The molecule has 0 atom stereocenters. The van der Waals surface area contributed by atoms with Gasteiger partial charge >= 0.3 is 5.97 Å². The van der Waals surface area contributed by atoms with Crippen molar-refractivity contribution in [3.63, 3.8) is 0 Å². The summed E-state index contributed by atoms with van der Waals surface area (Å²) >= 11 is 0. The maximum absolute atomic E-state index is 12.7. The van der Waals surface area contributed by atoms with E-state index in [1.54, 1.807) is 30.0 Å². The molecule has 2 aliphatic heterocycles. The van der Waals surface area contributed by atoms with E-state index in [2.05, 4.69) is 0 Å². The lowest BCUT2D eigenvalue weighted by Crippen LogP contribution is -2.28. The minimum absolute atomic E-state index is 0.0665. The summed E-state index contributed by atoms with van der Waals surface area (Å²) in [5, 5.41) is 9.64. The van der Waals surface area contributed by atoms with Gasteiger partial charge in [-0.05, 0) is 24.3 Å². The number of para-hydroxylation sites is 3. The average molecular weight is 401 g/mol. The van der Waals surface area contributed by atoms with Crippen LogP contribution in [0.15, 0.2) is 65.5 Å². The summed E-state index contributed by atoms with van der Waals surface area (Å²) < 4.78 is 10.7. The maximum Gasteiger partial charge on any atom is 0.337 e. The maximum atomic E-state index is 12.7. The Balaban J connectivity index is 1.50. The first-order valence-electron chi connectivity index (χ1n) is 9.35. The molecule has 2 aliphatic rings. The fourth-order valence-corrected chi connectivity index (χ4v) is 3.59. The lowest BCUT2D eigenvalue weighted by Gasteiger charge is -2.20. The summed E-state index contributed by atoms with van der Waals surface area (Å²) in [6.45, 7) is -0.459. The van der Waals surface area contributed by atoms with Gasteiger partial charge in [0, 0.05) is 19.7 Å². The Morgan fingerprint density at radius 3 is 2.37 bits per heavy atom. The fourth-order valence-electron chi connectivity index (χ4n) is 3.59. The van der Waals surface area contributed by atoms with Crippen molar-refractivity contribution in [1.29, 1.82) is 5.26 Å². The minimum atomic E-state index is -0.642. The molecule has 30 heavy (non-hydrogen) atoms. The SMILES string of the molecule is CN1C(=C(C#N)C(=O)COC(=O)C2=Cc3ccccc3OC2)N(C)c2ccccc21. The van der Waals surface area contributed by atoms with Crippen LogP contribution in [0.3, 0.4) is 0 Å². The molecule has 0 saturated heterocycles. The summed E-state index contributed by atoms with van der Waals surface area (Å²) in [4.78, 5) is 28.7. The molecule has 0 aromatic heterocycles. The molecule has 0 fully saturated rings. The molecule has 150 valence electrons. The Morgan fingerprint density at radius 1 is 1.07 bits per heavy atom. The van der Waals surface area contributed by atoms with Gasteiger partial charge in [0.05, 0.1) is 16.9 Å². The standard InChI is InChI=1S/C23H19N3O4/c1-25-18-8-4-5-9-19(18)26(2)22(25)17(12-24)20(27)14-30-23(28)16-11-15-7-3-6-10-21(15)29-13-16/h3-11H,13-14H2,1-2H3. The summed E-state index contributed by atoms with van der Waals surface area (Å²) in [7, 11) is 3.58. The molecule has 0 saturated carbocycles. The number of nitriles is 1. The van der Waals surface area contributed by atoms with Gasteiger partial charge in [-0.3, -0.25) is 4.79 Å². The fraction of sp³-hybridized carbons (Fsp3) is 0.174. The quantitative estimate of drug-likeness (QED) is 0.443. The van der Waals surface area contributed by atoms with Crippen LogP contribution in [0.1, 0.15) is 5.56 Å². The van der Waals surface area contributed by atoms with Crippen molar-refractivity contribution < 1.29 is 19.1 Å². The lowest BCUT2D eigenvalue weighted by molar-refractivity contribution is -0.143. The van der Waals surface area contributed by atoms with Crippen LogP contribution in [0, 0.1) is 11.3 Å². The zero-order valence-corrected chi connectivity index (χ0v) is 16.6. The summed E-state index contributed by atoms with van der Waals surface area (Å²) in [6, 6.07) is 16.9. The van der Waals surface area contributed by atoms with E-state index in [1.807, 2.05) is 54.6 Å². The van der Waals surface area contributed by atoms with Gasteiger partial charge in [0.25, 0.3) is 0 Å². The second kappa shape index (κ2) is 7.76. The molecular formula is C23H19N3O4. The second-order valence-corrected chi connectivity index (χ2v) is 6.91. The molecule has 0 unspecified atom stereocenters. The van der Waals surface area contributed by atoms with Crippen molar-refractivity contribution in [1.82, 2.24) is 0 Å². The number of esters is 1. The first-order chi connectivity index (χ1) is 14.5. The van der Waals surface area contributed by atoms with Crippen LogP contribution in [0.5, 0.6) is 5.75 Å². The molecule has 2 aromatic carbocycles. The van der Waals surface area contributed by atoms with E-state index in [-0.39, 0.29) is 12.2 Å². The molecule has 2 aromatic rings. The smallest absolute Gasteiger partial charge is 0.337 e. The average Bonchev–Trinajstić information content (AvgIpc) is 3.03. The molecule has 0 N–H and O–H groups in total. The van der Waals surface area contributed by atoms with Gasteiger partial charge in [-0.1, -0.05) is 30.3 Å². The number of anilines is 2. The zero-order valence-electron chi connectivity index (χ0n) is 16.6. The third kappa shape index (κ3) is 3.29. The normalized spacial score (nSPS) is 14.2. The Bertz CT molecular complexity index is 1110. The number of ketones is 1. The lowest BCUT2D eigenvalue weighted by atomic mass is 10.1. The zero-order chi connectivity index (χ0) is 21.3. The number of carbonyl (C=O) groups is 2. The molecule has 2 heterocycles. The van der Waals surface area contributed by atoms with Crippen LogP contribution in [0.25, 0.3) is 6.08 Å². The van der Waals surface area contributed by atoms with Gasteiger partial charge in [0.2, 0.25) is 5.78 Å². The van der Waals surface area contributed by atoms with E-state index in [0.717, 1.165) is 16.9 Å². The Morgan fingerprint density at radius 2 is 1.70 bits per heavy atom. The first-order valence-corrected chi connectivity index (χ1v) is 9.35. The van der Waals surface area contributed by atoms with Gasteiger partial charge < -0.3 is 19.3 Å². The highest BCUT2D eigenvalue weighted by Gasteiger charge is 2.31. The van der Waals surface area contributed by atoms with Gasteiger partial charge in [-0.25, -0.2) is 4.79 Å². The number of ether oxygens (including phenoxy) is 2. The van der Waals surface area contributed by atoms with E-state index in [1.165, 1.54) is 0 Å². The molecule has 0 radical (unpaired) electrons. The molecule has 7 heteroatoms. The number of benzene rings is 2. The third-order valence-electron chi connectivity index (χ3n) is 5.08.